The second-order valence-corrected chi connectivity index (χ2v) is 5.87. The molecule has 1 heterocycles. The van der Waals surface area contributed by atoms with Crippen molar-refractivity contribution in [2.75, 3.05) is 0 Å². The minimum atomic E-state index is -0.203. The maximum atomic E-state index is 12.8. The van der Waals surface area contributed by atoms with Crippen LogP contribution in [-0.2, 0) is 11.2 Å². The van der Waals surface area contributed by atoms with Crippen LogP contribution in [0.2, 0.25) is 0 Å². The molecule has 1 aromatic carbocycles. The zero-order valence-corrected chi connectivity index (χ0v) is 11.2. The van der Waals surface area contributed by atoms with Gasteiger partial charge in [0.2, 0.25) is 0 Å². The van der Waals surface area contributed by atoms with Crippen LogP contribution in [0.4, 0.5) is 4.39 Å². The molecule has 3 rings (SSSR count). The Balaban J connectivity index is 1.76. The van der Waals surface area contributed by atoms with Gasteiger partial charge in [-0.2, -0.15) is 0 Å². The van der Waals surface area contributed by atoms with Gasteiger partial charge in [-0.1, -0.05) is 12.1 Å². The molecule has 0 amide bonds. The van der Waals surface area contributed by atoms with E-state index in [2.05, 4.69) is 12.1 Å². The first-order valence-electron chi connectivity index (χ1n) is 6.27. The molecule has 2 aromatic rings. The number of carbonyl (C=O) groups excluding carboxylic acids is 1. The molecule has 19 heavy (non-hydrogen) atoms. The second kappa shape index (κ2) is 5.10. The minimum Gasteiger partial charge on any atom is -0.295 e. The van der Waals surface area contributed by atoms with Crippen molar-refractivity contribution in [2.24, 2.45) is 0 Å². The van der Waals surface area contributed by atoms with Gasteiger partial charge in [0.1, 0.15) is 5.82 Å². The summed E-state index contributed by atoms with van der Waals surface area (Å²) in [7, 11) is 0. The summed E-state index contributed by atoms with van der Waals surface area (Å²) in [6.07, 6.45) is 4.07. The number of hydrogen-bond donors (Lipinski definition) is 0. The van der Waals surface area contributed by atoms with Gasteiger partial charge in [-0.25, -0.2) is 4.39 Å². The number of ketones is 1. The smallest absolute Gasteiger partial charge is 0.156 e. The average Bonchev–Trinajstić information content (AvgIpc) is 3.01. The number of hydrogen-bond acceptors (Lipinski definition) is 2. The fourth-order valence-electron chi connectivity index (χ4n) is 2.24. The topological polar surface area (TPSA) is 17.1 Å². The largest absolute Gasteiger partial charge is 0.295 e. The molecule has 0 spiro atoms. The van der Waals surface area contributed by atoms with Crippen LogP contribution in [0, 0.1) is 5.82 Å². The Morgan fingerprint density at radius 1 is 1.05 bits per heavy atom. The first-order chi connectivity index (χ1) is 9.20. The van der Waals surface area contributed by atoms with Gasteiger partial charge in [-0.15, -0.1) is 11.3 Å². The van der Waals surface area contributed by atoms with Gasteiger partial charge in [0.15, 0.2) is 5.78 Å². The predicted molar refractivity (Wildman–Crippen MR) is 75.7 cm³/mol. The lowest BCUT2D eigenvalue weighted by molar-refractivity contribution is -0.114. The average molecular weight is 272 g/mol. The molecular formula is C16H13FOS. The number of halogens is 1. The highest BCUT2D eigenvalue weighted by Crippen LogP contribution is 2.32. The van der Waals surface area contributed by atoms with Gasteiger partial charge >= 0.3 is 0 Å². The van der Waals surface area contributed by atoms with Crippen LogP contribution < -0.4 is 0 Å². The molecule has 0 aliphatic heterocycles. The second-order valence-electron chi connectivity index (χ2n) is 4.71. The third-order valence-corrected chi connectivity index (χ3v) is 4.41. The molecule has 0 fully saturated rings. The van der Waals surface area contributed by atoms with Crippen LogP contribution in [0.15, 0.2) is 42.5 Å². The van der Waals surface area contributed by atoms with E-state index in [4.69, 9.17) is 0 Å². The van der Waals surface area contributed by atoms with E-state index in [9.17, 15) is 9.18 Å². The molecular weight excluding hydrogens is 259 g/mol. The van der Waals surface area contributed by atoms with E-state index < -0.39 is 0 Å². The SMILES string of the molecule is O=C1C=C(c2ccc(Cc3ccc(F)cc3)s2)CC1. The molecule has 1 aromatic heterocycles. The maximum absolute atomic E-state index is 12.8. The summed E-state index contributed by atoms with van der Waals surface area (Å²) in [5, 5.41) is 0. The molecule has 1 nitrogen and oxygen atoms in total. The Kier molecular flexibility index (Phi) is 3.30. The quantitative estimate of drug-likeness (QED) is 0.817. The Morgan fingerprint density at radius 3 is 2.53 bits per heavy atom. The van der Waals surface area contributed by atoms with Gasteiger partial charge in [-0.3, -0.25) is 4.79 Å². The van der Waals surface area contributed by atoms with Crippen molar-refractivity contribution in [1.29, 1.82) is 0 Å². The van der Waals surface area contributed by atoms with Gasteiger partial charge in [0.25, 0.3) is 0 Å². The lowest BCUT2D eigenvalue weighted by Gasteiger charge is -1.98. The fraction of sp³-hybridized carbons (Fsp3) is 0.188. The highest BCUT2D eigenvalue weighted by atomic mass is 32.1. The van der Waals surface area contributed by atoms with Crippen LogP contribution in [0.3, 0.4) is 0 Å². The normalized spacial score (nSPS) is 14.8. The van der Waals surface area contributed by atoms with E-state index in [0.29, 0.717) is 6.42 Å². The van der Waals surface area contributed by atoms with Gasteiger partial charge < -0.3 is 0 Å². The summed E-state index contributed by atoms with van der Waals surface area (Å²) in [5.74, 6) is 0.0220. The van der Waals surface area contributed by atoms with E-state index in [1.165, 1.54) is 21.9 Å². The van der Waals surface area contributed by atoms with Gasteiger partial charge in [0, 0.05) is 22.6 Å². The number of allylic oxidation sites excluding steroid dienone is 2. The minimum absolute atomic E-state index is 0.203. The van der Waals surface area contributed by atoms with Crippen molar-refractivity contribution in [3.05, 3.63) is 63.6 Å². The van der Waals surface area contributed by atoms with Crippen LogP contribution in [-0.4, -0.2) is 5.78 Å². The lowest BCUT2D eigenvalue weighted by Crippen LogP contribution is -1.84. The van der Waals surface area contributed by atoms with E-state index in [-0.39, 0.29) is 11.6 Å². The summed E-state index contributed by atoms with van der Waals surface area (Å²) in [5.41, 5.74) is 2.26. The van der Waals surface area contributed by atoms with Crippen molar-refractivity contribution in [3.63, 3.8) is 0 Å². The van der Waals surface area contributed by atoms with Crippen molar-refractivity contribution in [2.45, 2.75) is 19.3 Å². The molecule has 3 heteroatoms. The molecule has 0 bridgehead atoms. The van der Waals surface area contributed by atoms with Gasteiger partial charge in [-0.05, 0) is 47.9 Å². The first-order valence-corrected chi connectivity index (χ1v) is 7.09. The molecule has 0 atom stereocenters. The van der Waals surface area contributed by atoms with Gasteiger partial charge in [0.05, 0.1) is 0 Å². The molecule has 0 saturated heterocycles. The summed E-state index contributed by atoms with van der Waals surface area (Å²) in [6.45, 7) is 0. The van der Waals surface area contributed by atoms with E-state index in [1.54, 1.807) is 17.4 Å². The molecule has 0 radical (unpaired) electrons. The molecule has 0 saturated carbocycles. The van der Waals surface area contributed by atoms with Crippen molar-refractivity contribution < 1.29 is 9.18 Å². The monoisotopic (exact) mass is 272 g/mol. The van der Waals surface area contributed by atoms with Crippen LogP contribution in [0.1, 0.15) is 28.2 Å². The predicted octanol–water partition coefficient (Wildman–Crippen LogP) is 4.22. The van der Waals surface area contributed by atoms with Crippen molar-refractivity contribution in [3.8, 4) is 0 Å². The third kappa shape index (κ3) is 2.82. The van der Waals surface area contributed by atoms with Crippen LogP contribution in [0.5, 0.6) is 0 Å². The standard InChI is InChI=1S/C16H13FOS/c17-13-4-1-11(2-5-13)9-15-7-8-16(19-15)12-3-6-14(18)10-12/h1-2,4-5,7-8,10H,3,6,9H2. The van der Waals surface area contributed by atoms with E-state index in [1.807, 2.05) is 12.1 Å². The Bertz CT molecular complexity index is 637. The summed E-state index contributed by atoms with van der Waals surface area (Å²) in [6, 6.07) is 10.8. The lowest BCUT2D eigenvalue weighted by atomic mass is 10.1. The third-order valence-electron chi connectivity index (χ3n) is 3.25. The van der Waals surface area contributed by atoms with Crippen molar-refractivity contribution >= 4 is 22.7 Å². The fourth-order valence-corrected chi connectivity index (χ4v) is 3.33. The van der Waals surface area contributed by atoms with Crippen molar-refractivity contribution in [1.82, 2.24) is 0 Å². The highest BCUT2D eigenvalue weighted by Gasteiger charge is 2.15. The number of carbonyl (C=O) groups is 1. The molecule has 1 aliphatic rings. The zero-order valence-electron chi connectivity index (χ0n) is 10.4. The number of benzene rings is 1. The summed E-state index contributed by atoms with van der Waals surface area (Å²) < 4.78 is 12.8. The zero-order chi connectivity index (χ0) is 13.2. The molecule has 0 unspecified atom stereocenters. The first kappa shape index (κ1) is 12.3. The highest BCUT2D eigenvalue weighted by molar-refractivity contribution is 7.13. The Labute approximate surface area is 115 Å². The summed E-state index contributed by atoms with van der Waals surface area (Å²) >= 11 is 1.72. The number of rotatable bonds is 3. The van der Waals surface area contributed by atoms with E-state index >= 15 is 0 Å². The van der Waals surface area contributed by atoms with Crippen LogP contribution >= 0.6 is 11.3 Å². The van der Waals surface area contributed by atoms with E-state index in [0.717, 1.165) is 24.0 Å². The number of thiophene rings is 1. The molecule has 0 N–H and O–H groups in total. The Morgan fingerprint density at radius 2 is 1.84 bits per heavy atom. The molecule has 96 valence electrons. The molecule has 1 aliphatic carbocycles. The summed E-state index contributed by atoms with van der Waals surface area (Å²) in [4.78, 5) is 13.7. The Hall–Kier alpha value is -1.74. The maximum Gasteiger partial charge on any atom is 0.156 e. The van der Waals surface area contributed by atoms with Crippen LogP contribution in [0.25, 0.3) is 5.57 Å².